The summed E-state index contributed by atoms with van der Waals surface area (Å²) in [5.41, 5.74) is 11.7. The molecular formula is C42H32N4O. The van der Waals surface area contributed by atoms with E-state index in [2.05, 4.69) is 145 Å². The molecule has 2 aliphatic heterocycles. The van der Waals surface area contributed by atoms with Gasteiger partial charge in [0.15, 0.2) is 0 Å². The van der Waals surface area contributed by atoms with E-state index in [-0.39, 0.29) is 17.6 Å². The summed E-state index contributed by atoms with van der Waals surface area (Å²) in [5.74, 6) is 1.64. The highest BCUT2D eigenvalue weighted by Gasteiger charge is 2.40. The lowest BCUT2D eigenvalue weighted by Crippen LogP contribution is -2.30. The van der Waals surface area contributed by atoms with Gasteiger partial charge in [-0.05, 0) is 76.9 Å². The standard InChI is InChI=1S/C42H32N4O/c1-42(2)32-17-6-8-19-35(32)45(28-14-11-13-27(22-28)41-44-40-29-15-4-3-12-26(29)23-38(40)47-41)37-25-36-31(24-33(37)42)30-16-5-7-18-34(30)46(36)39-20-9-10-21-43-39/h3-22,24-25,38,40H,23H2,1-2H3/t38-,40+/m0/s1. The smallest absolute Gasteiger partial charge is 0.217 e. The minimum atomic E-state index is -0.216. The van der Waals surface area contributed by atoms with Crippen molar-refractivity contribution in [2.24, 2.45) is 4.99 Å². The van der Waals surface area contributed by atoms with Crippen molar-refractivity contribution >= 4 is 44.8 Å². The van der Waals surface area contributed by atoms with Gasteiger partial charge in [0.05, 0.1) is 22.4 Å². The quantitative estimate of drug-likeness (QED) is 0.201. The number of benzene rings is 5. The first-order valence-corrected chi connectivity index (χ1v) is 16.4. The molecule has 0 bridgehead atoms. The zero-order valence-electron chi connectivity index (χ0n) is 26.3. The molecule has 10 rings (SSSR count). The number of para-hydroxylation sites is 2. The van der Waals surface area contributed by atoms with Gasteiger partial charge in [0, 0.05) is 40.1 Å². The van der Waals surface area contributed by atoms with Crippen molar-refractivity contribution in [3.8, 4) is 5.82 Å². The van der Waals surface area contributed by atoms with Crippen LogP contribution < -0.4 is 4.90 Å². The largest absolute Gasteiger partial charge is 0.471 e. The highest BCUT2D eigenvalue weighted by Crippen LogP contribution is 2.54. The molecule has 0 spiro atoms. The van der Waals surface area contributed by atoms with Crippen LogP contribution in [0.4, 0.5) is 17.1 Å². The Hall–Kier alpha value is -5.68. The number of hydrogen-bond acceptors (Lipinski definition) is 4. The van der Waals surface area contributed by atoms with Gasteiger partial charge in [0.25, 0.3) is 0 Å². The van der Waals surface area contributed by atoms with Crippen LogP contribution in [0, 0.1) is 0 Å². The highest BCUT2D eigenvalue weighted by atomic mass is 16.5. The van der Waals surface area contributed by atoms with Crippen LogP contribution >= 0.6 is 0 Å². The van der Waals surface area contributed by atoms with E-state index in [9.17, 15) is 0 Å². The van der Waals surface area contributed by atoms with Crippen LogP contribution in [0.2, 0.25) is 0 Å². The average molecular weight is 609 g/mol. The molecule has 7 aromatic rings. The molecule has 0 saturated carbocycles. The Morgan fingerprint density at radius 1 is 0.702 bits per heavy atom. The molecule has 2 atom stereocenters. The molecule has 0 N–H and O–H groups in total. The summed E-state index contributed by atoms with van der Waals surface area (Å²) in [4.78, 5) is 12.3. The van der Waals surface area contributed by atoms with Crippen LogP contribution in [-0.4, -0.2) is 21.6 Å². The van der Waals surface area contributed by atoms with Crippen molar-refractivity contribution < 1.29 is 4.74 Å². The van der Waals surface area contributed by atoms with Crippen LogP contribution in [0.3, 0.4) is 0 Å². The normalized spacial score (nSPS) is 18.8. The van der Waals surface area contributed by atoms with Gasteiger partial charge in [-0.2, -0.15) is 0 Å². The highest BCUT2D eigenvalue weighted by molar-refractivity contribution is 6.11. The van der Waals surface area contributed by atoms with E-state index in [1.165, 1.54) is 44.4 Å². The summed E-state index contributed by atoms with van der Waals surface area (Å²) in [6.07, 6.45) is 2.83. The van der Waals surface area contributed by atoms with E-state index in [1.807, 2.05) is 12.3 Å². The fourth-order valence-electron chi connectivity index (χ4n) is 8.19. The van der Waals surface area contributed by atoms with Crippen LogP contribution in [-0.2, 0) is 16.6 Å². The summed E-state index contributed by atoms with van der Waals surface area (Å²) in [5, 5.41) is 2.45. The number of hydrogen-bond donors (Lipinski definition) is 0. The number of anilines is 3. The maximum absolute atomic E-state index is 6.55. The minimum absolute atomic E-state index is 0.0592. The number of aromatic nitrogens is 2. The Morgan fingerprint density at radius 2 is 1.53 bits per heavy atom. The molecule has 1 aliphatic carbocycles. The van der Waals surface area contributed by atoms with Crippen molar-refractivity contribution in [3.05, 3.63) is 161 Å². The fraction of sp³-hybridized carbons (Fsp3) is 0.143. The van der Waals surface area contributed by atoms with Gasteiger partial charge in [0.2, 0.25) is 5.90 Å². The third kappa shape index (κ3) is 3.77. The van der Waals surface area contributed by atoms with E-state index in [0.717, 1.165) is 40.4 Å². The first-order valence-electron chi connectivity index (χ1n) is 16.4. The third-order valence-electron chi connectivity index (χ3n) is 10.4. The van der Waals surface area contributed by atoms with Crippen LogP contribution in [0.25, 0.3) is 27.6 Å². The van der Waals surface area contributed by atoms with Gasteiger partial charge in [0.1, 0.15) is 18.0 Å². The Labute approximate surface area is 273 Å². The number of fused-ring (bicyclic) bond motifs is 8. The molecule has 47 heavy (non-hydrogen) atoms. The molecule has 5 heteroatoms. The molecule has 0 fully saturated rings. The zero-order valence-corrected chi connectivity index (χ0v) is 26.3. The first-order chi connectivity index (χ1) is 23.1. The van der Waals surface area contributed by atoms with Crippen LogP contribution in [0.5, 0.6) is 0 Å². The zero-order chi connectivity index (χ0) is 31.3. The van der Waals surface area contributed by atoms with Crippen molar-refractivity contribution in [2.75, 3.05) is 4.90 Å². The summed E-state index contributed by atoms with van der Waals surface area (Å²) < 4.78 is 8.84. The lowest BCUT2D eigenvalue weighted by molar-refractivity contribution is 0.206. The molecule has 3 aliphatic rings. The Kier molecular flexibility index (Phi) is 5.45. The van der Waals surface area contributed by atoms with Gasteiger partial charge < -0.3 is 9.64 Å². The average Bonchev–Trinajstić information content (AvgIpc) is 3.78. The van der Waals surface area contributed by atoms with Crippen LogP contribution in [0.1, 0.15) is 47.7 Å². The Bertz CT molecular complexity index is 2420. The Morgan fingerprint density at radius 3 is 2.45 bits per heavy atom. The molecule has 0 amide bonds. The number of rotatable bonds is 3. The summed E-state index contributed by atoms with van der Waals surface area (Å²) in [6, 6.07) is 45.7. The summed E-state index contributed by atoms with van der Waals surface area (Å²) in [7, 11) is 0. The van der Waals surface area contributed by atoms with E-state index >= 15 is 0 Å². The molecule has 226 valence electrons. The molecule has 5 nitrogen and oxygen atoms in total. The second-order valence-corrected chi connectivity index (χ2v) is 13.4. The van der Waals surface area contributed by atoms with Gasteiger partial charge in [-0.25, -0.2) is 9.98 Å². The maximum Gasteiger partial charge on any atom is 0.217 e. The molecule has 4 heterocycles. The van der Waals surface area contributed by atoms with Crippen molar-refractivity contribution in [3.63, 3.8) is 0 Å². The van der Waals surface area contributed by atoms with Crippen molar-refractivity contribution in [1.29, 1.82) is 0 Å². The topological polar surface area (TPSA) is 42.6 Å². The first kappa shape index (κ1) is 26.5. The maximum atomic E-state index is 6.55. The van der Waals surface area contributed by atoms with E-state index < -0.39 is 0 Å². The molecule has 0 unspecified atom stereocenters. The molecule has 0 radical (unpaired) electrons. The second-order valence-electron chi connectivity index (χ2n) is 13.4. The predicted molar refractivity (Wildman–Crippen MR) is 190 cm³/mol. The van der Waals surface area contributed by atoms with Gasteiger partial charge in [-0.15, -0.1) is 0 Å². The van der Waals surface area contributed by atoms with Crippen LogP contribution in [0.15, 0.2) is 139 Å². The molecule has 5 aromatic carbocycles. The van der Waals surface area contributed by atoms with Crippen molar-refractivity contribution in [1.82, 2.24) is 9.55 Å². The van der Waals surface area contributed by atoms with E-state index in [4.69, 9.17) is 14.7 Å². The minimum Gasteiger partial charge on any atom is -0.471 e. The lowest BCUT2D eigenvalue weighted by Gasteiger charge is -2.42. The SMILES string of the molecule is CC1(C)c2ccccc2N(c2cccc(C3=N[C@@H]4c5ccccc5C[C@@H]4O3)c2)c2cc3c(cc21)c1ccccc1n3-c1ccccn1. The van der Waals surface area contributed by atoms with E-state index in [0.29, 0.717) is 0 Å². The predicted octanol–water partition coefficient (Wildman–Crippen LogP) is 9.73. The molecular weight excluding hydrogens is 576 g/mol. The summed E-state index contributed by atoms with van der Waals surface area (Å²) >= 11 is 0. The van der Waals surface area contributed by atoms with Gasteiger partial charge in [-0.3, -0.25) is 4.57 Å². The molecule has 2 aromatic heterocycles. The second kappa shape index (κ2) is 9.66. The number of pyridine rings is 1. The third-order valence-corrected chi connectivity index (χ3v) is 10.4. The number of aliphatic imine (C=N–C) groups is 1. The van der Waals surface area contributed by atoms with Gasteiger partial charge >= 0.3 is 0 Å². The lowest BCUT2D eigenvalue weighted by atomic mass is 9.73. The molecule has 0 saturated heterocycles. The van der Waals surface area contributed by atoms with E-state index in [1.54, 1.807) is 0 Å². The summed E-state index contributed by atoms with van der Waals surface area (Å²) in [6.45, 7) is 4.69. The number of nitrogens with zero attached hydrogens (tertiary/aromatic N) is 4. The fourth-order valence-corrected chi connectivity index (χ4v) is 8.19. The monoisotopic (exact) mass is 608 g/mol. The number of ether oxygens (including phenoxy) is 1. The van der Waals surface area contributed by atoms with Crippen molar-refractivity contribution in [2.45, 2.75) is 37.8 Å². The Balaban J connectivity index is 1.19. The van der Waals surface area contributed by atoms with Gasteiger partial charge in [-0.1, -0.05) is 86.6 Å².